The first-order valence-electron chi connectivity index (χ1n) is 15.6. The molecule has 9 heteroatoms. The van der Waals surface area contributed by atoms with Gasteiger partial charge in [-0.05, 0) is 98.6 Å². The van der Waals surface area contributed by atoms with E-state index in [-0.39, 0.29) is 18.8 Å². The maximum atomic E-state index is 14.8. The molecule has 5 aromatic rings. The van der Waals surface area contributed by atoms with Crippen molar-refractivity contribution >= 4 is 27.4 Å². The molecule has 0 amide bonds. The first kappa shape index (κ1) is 31.5. The topological polar surface area (TPSA) is 63.8 Å². The van der Waals surface area contributed by atoms with Crippen LogP contribution in [-0.4, -0.2) is 76.2 Å². The van der Waals surface area contributed by atoms with Gasteiger partial charge in [-0.2, -0.15) is 5.10 Å². The molecule has 2 N–H and O–H groups in total. The summed E-state index contributed by atoms with van der Waals surface area (Å²) < 4.78 is 42.3. The van der Waals surface area contributed by atoms with E-state index in [0.29, 0.717) is 13.1 Å². The highest BCUT2D eigenvalue weighted by atomic mass is 19.3. The van der Waals surface area contributed by atoms with Crippen LogP contribution in [0.25, 0.3) is 49.9 Å². The number of aromatic nitrogens is 4. The highest BCUT2D eigenvalue weighted by Crippen LogP contribution is 2.35. The van der Waals surface area contributed by atoms with Gasteiger partial charge in [0.2, 0.25) is 0 Å². The van der Waals surface area contributed by atoms with Gasteiger partial charge in [-0.25, -0.2) is 13.2 Å². The summed E-state index contributed by atoms with van der Waals surface area (Å²) in [7, 11) is 4.07. The number of aromatic amines is 2. The molecule has 0 unspecified atom stereocenters. The smallest absolute Gasteiger partial charge is 0.261 e. The van der Waals surface area contributed by atoms with Gasteiger partial charge >= 0.3 is 0 Å². The molecule has 46 heavy (non-hydrogen) atoms. The Labute approximate surface area is 267 Å². The fourth-order valence-electron chi connectivity index (χ4n) is 6.26. The summed E-state index contributed by atoms with van der Waals surface area (Å²) in [6.45, 7) is 7.39. The van der Waals surface area contributed by atoms with Crippen LogP contribution < -0.4 is 0 Å². The van der Waals surface area contributed by atoms with Crippen LogP contribution in [0.1, 0.15) is 30.9 Å². The largest absolute Gasteiger partial charge is 0.352 e. The van der Waals surface area contributed by atoms with Gasteiger partial charge in [0.1, 0.15) is 11.5 Å². The molecule has 0 radical (unpaired) electrons. The first-order valence-corrected chi connectivity index (χ1v) is 15.6. The van der Waals surface area contributed by atoms with E-state index < -0.39 is 5.92 Å². The Morgan fingerprint density at radius 1 is 1.09 bits per heavy atom. The van der Waals surface area contributed by atoms with E-state index in [1.54, 1.807) is 35.5 Å². The lowest BCUT2D eigenvalue weighted by atomic mass is 9.99. The van der Waals surface area contributed by atoms with Gasteiger partial charge in [0.15, 0.2) is 0 Å². The number of nitrogens with zero attached hydrogens (tertiary/aromatic N) is 4. The van der Waals surface area contributed by atoms with Crippen molar-refractivity contribution in [2.75, 3.05) is 40.3 Å². The maximum absolute atomic E-state index is 14.8. The van der Waals surface area contributed by atoms with Crippen molar-refractivity contribution in [3.05, 3.63) is 102 Å². The summed E-state index contributed by atoms with van der Waals surface area (Å²) in [5.41, 5.74) is 8.70. The van der Waals surface area contributed by atoms with Crippen molar-refractivity contribution in [1.29, 1.82) is 0 Å². The third-order valence-corrected chi connectivity index (χ3v) is 8.61. The summed E-state index contributed by atoms with van der Waals surface area (Å²) in [5.74, 6) is -2.90. The lowest BCUT2D eigenvalue weighted by molar-refractivity contribution is 0.0131. The Kier molecular flexibility index (Phi) is 8.97. The third kappa shape index (κ3) is 6.85. The summed E-state index contributed by atoms with van der Waals surface area (Å²) in [6.07, 6.45) is 10.9. The Bertz CT molecular complexity index is 1950. The van der Waals surface area contributed by atoms with Crippen molar-refractivity contribution in [3.63, 3.8) is 0 Å². The lowest BCUT2D eigenvalue weighted by Gasteiger charge is -2.16. The van der Waals surface area contributed by atoms with Crippen LogP contribution in [0.2, 0.25) is 0 Å². The number of hydrogen-bond donors (Lipinski definition) is 2. The predicted octanol–water partition coefficient (Wildman–Crippen LogP) is 8.26. The van der Waals surface area contributed by atoms with Crippen molar-refractivity contribution in [1.82, 2.24) is 30.0 Å². The zero-order chi connectivity index (χ0) is 32.4. The standard InChI is InChI=1S/C37H39F3N6/c1-5-24(22-46-13-11-37(39,40)23-46)14-26(6-2)27-9-10-33-31(18-27)36(44-43-33)34-19-30-32(20-41-21-35(30)42-34)28-15-25(16-29(38)17-28)8-7-12-45(3)4/h5-6,9-10,14-21,42H,1,7-8,11-13,22-23H2,2-4H3,(H,43,44)/b24-14+,26-6+. The lowest BCUT2D eigenvalue weighted by Crippen LogP contribution is -2.26. The summed E-state index contributed by atoms with van der Waals surface area (Å²) in [4.78, 5) is 11.8. The van der Waals surface area contributed by atoms with Crippen LogP contribution in [0.15, 0.2) is 85.2 Å². The number of nitrogens with one attached hydrogen (secondary N) is 2. The predicted molar refractivity (Wildman–Crippen MR) is 181 cm³/mol. The number of likely N-dealkylation sites (tertiary alicyclic amines) is 1. The molecule has 6 rings (SSSR count). The molecule has 0 aliphatic carbocycles. The number of H-pyrrole nitrogens is 2. The van der Waals surface area contributed by atoms with Crippen LogP contribution in [0.4, 0.5) is 13.2 Å². The molecule has 0 atom stereocenters. The third-order valence-electron chi connectivity index (χ3n) is 8.61. The van der Waals surface area contributed by atoms with Crippen molar-refractivity contribution in [3.8, 4) is 22.5 Å². The number of benzene rings is 2. The van der Waals surface area contributed by atoms with Gasteiger partial charge in [0, 0.05) is 42.0 Å². The number of allylic oxidation sites excluding steroid dienone is 3. The quantitative estimate of drug-likeness (QED) is 0.145. The summed E-state index contributed by atoms with van der Waals surface area (Å²) in [6, 6.07) is 13.4. The second-order valence-electron chi connectivity index (χ2n) is 12.4. The van der Waals surface area contributed by atoms with Crippen LogP contribution in [0.3, 0.4) is 0 Å². The SMILES string of the molecule is C=C/C(=C\C(=C/C)c1ccc2[nH]nc(-c3cc4c(-c5cc(F)cc(CCCN(C)C)c5)cncc4[nH]3)c2c1)CN1CCC(F)(F)C1. The Balaban J connectivity index is 1.32. The monoisotopic (exact) mass is 624 g/mol. The number of pyridine rings is 1. The van der Waals surface area contributed by atoms with Crippen LogP contribution in [-0.2, 0) is 6.42 Å². The van der Waals surface area contributed by atoms with E-state index in [1.807, 2.05) is 51.4 Å². The zero-order valence-electron chi connectivity index (χ0n) is 26.5. The molecule has 1 fully saturated rings. The Hall–Kier alpha value is -4.47. The fourth-order valence-corrected chi connectivity index (χ4v) is 6.26. The molecule has 2 aromatic carbocycles. The van der Waals surface area contributed by atoms with Gasteiger partial charge in [-0.3, -0.25) is 15.0 Å². The molecule has 1 saturated heterocycles. The van der Waals surface area contributed by atoms with Gasteiger partial charge < -0.3 is 9.88 Å². The number of halogens is 3. The van der Waals surface area contributed by atoms with Gasteiger partial charge in [-0.15, -0.1) is 0 Å². The van der Waals surface area contributed by atoms with E-state index in [4.69, 9.17) is 0 Å². The molecular weight excluding hydrogens is 585 g/mol. The minimum atomic E-state index is -2.64. The molecule has 0 bridgehead atoms. The molecule has 238 valence electrons. The number of hydrogen-bond acceptors (Lipinski definition) is 4. The molecule has 6 nitrogen and oxygen atoms in total. The molecule has 0 saturated carbocycles. The molecule has 4 heterocycles. The summed E-state index contributed by atoms with van der Waals surface area (Å²) in [5, 5.41) is 9.66. The number of aryl methyl sites for hydroxylation is 1. The average molecular weight is 625 g/mol. The van der Waals surface area contributed by atoms with Crippen LogP contribution in [0.5, 0.6) is 0 Å². The fraction of sp³-hybridized carbons (Fsp3) is 0.297. The molecule has 0 spiro atoms. The second-order valence-corrected chi connectivity index (χ2v) is 12.4. The van der Waals surface area contributed by atoms with E-state index in [1.165, 1.54) is 0 Å². The molecule has 1 aliphatic rings. The summed E-state index contributed by atoms with van der Waals surface area (Å²) >= 11 is 0. The highest BCUT2D eigenvalue weighted by molar-refractivity contribution is 6.01. The zero-order valence-corrected chi connectivity index (χ0v) is 26.5. The van der Waals surface area contributed by atoms with Crippen molar-refractivity contribution in [2.24, 2.45) is 0 Å². The number of fused-ring (bicyclic) bond motifs is 2. The van der Waals surface area contributed by atoms with E-state index in [0.717, 1.165) is 86.0 Å². The normalized spacial score (nSPS) is 15.9. The minimum Gasteiger partial charge on any atom is -0.352 e. The first-order chi connectivity index (χ1) is 22.1. The van der Waals surface area contributed by atoms with Crippen LogP contribution >= 0.6 is 0 Å². The number of alkyl halides is 2. The van der Waals surface area contributed by atoms with E-state index in [2.05, 4.69) is 43.8 Å². The number of rotatable bonds is 11. The Morgan fingerprint density at radius 3 is 2.67 bits per heavy atom. The van der Waals surface area contributed by atoms with E-state index in [9.17, 15) is 13.2 Å². The van der Waals surface area contributed by atoms with E-state index >= 15 is 0 Å². The average Bonchev–Trinajstić information content (AvgIpc) is 3.74. The maximum Gasteiger partial charge on any atom is 0.261 e. The second kappa shape index (κ2) is 13.1. The van der Waals surface area contributed by atoms with Gasteiger partial charge in [0.25, 0.3) is 5.92 Å². The van der Waals surface area contributed by atoms with Gasteiger partial charge in [-0.1, -0.05) is 36.9 Å². The Morgan fingerprint density at radius 2 is 1.93 bits per heavy atom. The van der Waals surface area contributed by atoms with Crippen molar-refractivity contribution < 1.29 is 13.2 Å². The molecular formula is C37H39F3N6. The van der Waals surface area contributed by atoms with Gasteiger partial charge in [0.05, 0.1) is 29.5 Å². The molecule has 3 aromatic heterocycles. The van der Waals surface area contributed by atoms with Crippen LogP contribution in [0, 0.1) is 5.82 Å². The molecule has 1 aliphatic heterocycles. The van der Waals surface area contributed by atoms with Crippen molar-refractivity contribution in [2.45, 2.75) is 32.1 Å². The highest BCUT2D eigenvalue weighted by Gasteiger charge is 2.38. The minimum absolute atomic E-state index is 0.112.